The molecule has 0 saturated heterocycles. The van der Waals surface area contributed by atoms with E-state index in [2.05, 4.69) is 13.0 Å². The molecule has 0 N–H and O–H groups in total. The molecule has 1 heteroatoms. The quantitative estimate of drug-likeness (QED) is 0.492. The van der Waals surface area contributed by atoms with Gasteiger partial charge in [0.05, 0.1) is 0 Å². The SMILES string of the molecule is C/C=C/C(C=O)(CC)C1CCCCC1. The number of aldehydes is 1. The maximum absolute atomic E-state index is 11.3. The summed E-state index contributed by atoms with van der Waals surface area (Å²) >= 11 is 0. The number of carbonyl (C=O) groups is 1. The molecular formula is C13H22O. The van der Waals surface area contributed by atoms with Gasteiger partial charge in [-0.15, -0.1) is 0 Å². The van der Waals surface area contributed by atoms with Crippen LogP contribution in [0.15, 0.2) is 12.2 Å². The lowest BCUT2D eigenvalue weighted by atomic mass is 9.68. The number of hydrogen-bond donors (Lipinski definition) is 0. The molecule has 0 radical (unpaired) electrons. The molecule has 1 aliphatic rings. The molecule has 1 unspecified atom stereocenters. The summed E-state index contributed by atoms with van der Waals surface area (Å²) in [7, 11) is 0. The Morgan fingerprint density at radius 2 is 1.93 bits per heavy atom. The minimum absolute atomic E-state index is 0.158. The second kappa shape index (κ2) is 5.33. The maximum Gasteiger partial charge on any atom is 0.130 e. The first kappa shape index (κ1) is 11.5. The van der Waals surface area contributed by atoms with Gasteiger partial charge >= 0.3 is 0 Å². The van der Waals surface area contributed by atoms with E-state index < -0.39 is 0 Å². The van der Waals surface area contributed by atoms with Crippen LogP contribution in [-0.2, 0) is 4.79 Å². The van der Waals surface area contributed by atoms with Gasteiger partial charge in [0.15, 0.2) is 0 Å². The lowest BCUT2D eigenvalue weighted by molar-refractivity contribution is -0.117. The summed E-state index contributed by atoms with van der Waals surface area (Å²) < 4.78 is 0. The van der Waals surface area contributed by atoms with Crippen molar-refractivity contribution in [2.45, 2.75) is 52.4 Å². The van der Waals surface area contributed by atoms with Gasteiger partial charge in [-0.25, -0.2) is 0 Å². The second-order valence-corrected chi connectivity index (χ2v) is 4.42. The second-order valence-electron chi connectivity index (χ2n) is 4.42. The first-order chi connectivity index (χ1) is 6.79. The highest BCUT2D eigenvalue weighted by Gasteiger charge is 2.34. The molecule has 1 saturated carbocycles. The van der Waals surface area contributed by atoms with E-state index in [0.717, 1.165) is 6.42 Å². The van der Waals surface area contributed by atoms with E-state index in [1.165, 1.54) is 38.4 Å². The van der Waals surface area contributed by atoms with Gasteiger partial charge in [-0.2, -0.15) is 0 Å². The molecule has 0 amide bonds. The molecule has 0 spiro atoms. The monoisotopic (exact) mass is 194 g/mol. The van der Waals surface area contributed by atoms with Gasteiger partial charge in [-0.05, 0) is 32.1 Å². The van der Waals surface area contributed by atoms with Crippen LogP contribution in [0.5, 0.6) is 0 Å². The predicted octanol–water partition coefficient (Wildman–Crippen LogP) is 3.74. The lowest BCUT2D eigenvalue weighted by Gasteiger charge is -2.35. The van der Waals surface area contributed by atoms with Gasteiger partial charge in [0.25, 0.3) is 0 Å². The van der Waals surface area contributed by atoms with Crippen molar-refractivity contribution in [3.8, 4) is 0 Å². The fourth-order valence-electron chi connectivity index (χ4n) is 2.71. The molecule has 0 aliphatic heterocycles. The molecule has 0 heterocycles. The average Bonchev–Trinajstić information content (AvgIpc) is 2.27. The van der Waals surface area contributed by atoms with Gasteiger partial charge in [-0.3, -0.25) is 0 Å². The Labute approximate surface area is 87.6 Å². The third-order valence-electron chi connectivity index (χ3n) is 3.67. The number of carbonyl (C=O) groups excluding carboxylic acids is 1. The fourth-order valence-corrected chi connectivity index (χ4v) is 2.71. The minimum Gasteiger partial charge on any atom is -0.302 e. The number of hydrogen-bond acceptors (Lipinski definition) is 1. The Balaban J connectivity index is 2.78. The molecule has 1 aliphatic carbocycles. The number of rotatable bonds is 4. The highest BCUT2D eigenvalue weighted by molar-refractivity contribution is 5.63. The van der Waals surface area contributed by atoms with Gasteiger partial charge < -0.3 is 4.79 Å². The first-order valence-electron chi connectivity index (χ1n) is 5.89. The first-order valence-corrected chi connectivity index (χ1v) is 5.89. The lowest BCUT2D eigenvalue weighted by Crippen LogP contribution is -2.31. The van der Waals surface area contributed by atoms with E-state index in [0.29, 0.717) is 5.92 Å². The van der Waals surface area contributed by atoms with Crippen LogP contribution < -0.4 is 0 Å². The molecule has 0 aromatic carbocycles. The van der Waals surface area contributed by atoms with Crippen molar-refractivity contribution in [2.24, 2.45) is 11.3 Å². The molecule has 1 atom stereocenters. The van der Waals surface area contributed by atoms with Gasteiger partial charge in [0.2, 0.25) is 0 Å². The summed E-state index contributed by atoms with van der Waals surface area (Å²) in [5.74, 6) is 0.593. The van der Waals surface area contributed by atoms with Crippen LogP contribution in [0, 0.1) is 11.3 Å². The van der Waals surface area contributed by atoms with E-state index in [-0.39, 0.29) is 5.41 Å². The van der Waals surface area contributed by atoms with Crippen LogP contribution in [0.3, 0.4) is 0 Å². The van der Waals surface area contributed by atoms with Crippen molar-refractivity contribution in [1.82, 2.24) is 0 Å². The van der Waals surface area contributed by atoms with E-state index in [9.17, 15) is 4.79 Å². The Kier molecular flexibility index (Phi) is 4.37. The van der Waals surface area contributed by atoms with Crippen molar-refractivity contribution in [1.29, 1.82) is 0 Å². The summed E-state index contributed by atoms with van der Waals surface area (Å²) in [6.07, 6.45) is 12.7. The van der Waals surface area contributed by atoms with Crippen molar-refractivity contribution in [3.05, 3.63) is 12.2 Å². The average molecular weight is 194 g/mol. The smallest absolute Gasteiger partial charge is 0.130 e. The van der Waals surface area contributed by atoms with E-state index in [4.69, 9.17) is 0 Å². The van der Waals surface area contributed by atoms with E-state index in [1.807, 2.05) is 13.0 Å². The molecule has 1 fully saturated rings. The van der Waals surface area contributed by atoms with Crippen LogP contribution >= 0.6 is 0 Å². The van der Waals surface area contributed by atoms with Crippen LogP contribution in [0.25, 0.3) is 0 Å². The molecular weight excluding hydrogens is 172 g/mol. The predicted molar refractivity (Wildman–Crippen MR) is 60.2 cm³/mol. The Morgan fingerprint density at radius 1 is 1.29 bits per heavy atom. The molecule has 0 aromatic rings. The zero-order valence-electron chi connectivity index (χ0n) is 9.46. The summed E-state index contributed by atoms with van der Waals surface area (Å²) in [5.41, 5.74) is -0.158. The van der Waals surface area contributed by atoms with Crippen LogP contribution in [0.2, 0.25) is 0 Å². The van der Waals surface area contributed by atoms with Gasteiger partial charge in [-0.1, -0.05) is 38.3 Å². The molecule has 80 valence electrons. The largest absolute Gasteiger partial charge is 0.302 e. The van der Waals surface area contributed by atoms with Crippen LogP contribution in [-0.4, -0.2) is 6.29 Å². The molecule has 1 rings (SSSR count). The Morgan fingerprint density at radius 3 is 2.36 bits per heavy atom. The standard InChI is InChI=1S/C13H22O/c1-3-10-13(4-2,11-14)12-8-6-5-7-9-12/h3,10-12H,4-9H2,1-2H3/b10-3+. The molecule has 0 aromatic heterocycles. The summed E-state index contributed by atoms with van der Waals surface area (Å²) in [6.45, 7) is 4.14. The van der Waals surface area contributed by atoms with E-state index >= 15 is 0 Å². The molecule has 0 bridgehead atoms. The zero-order chi connectivity index (χ0) is 10.4. The molecule has 14 heavy (non-hydrogen) atoms. The summed E-state index contributed by atoms with van der Waals surface area (Å²) in [5, 5.41) is 0. The van der Waals surface area contributed by atoms with E-state index in [1.54, 1.807) is 0 Å². The summed E-state index contributed by atoms with van der Waals surface area (Å²) in [4.78, 5) is 11.3. The van der Waals surface area contributed by atoms with Crippen LogP contribution in [0.1, 0.15) is 52.4 Å². The highest BCUT2D eigenvalue weighted by Crippen LogP contribution is 2.40. The minimum atomic E-state index is -0.158. The van der Waals surface area contributed by atoms with Crippen molar-refractivity contribution in [3.63, 3.8) is 0 Å². The highest BCUT2D eigenvalue weighted by atomic mass is 16.1. The Bertz CT molecular complexity index is 201. The topological polar surface area (TPSA) is 17.1 Å². The van der Waals surface area contributed by atoms with Crippen molar-refractivity contribution >= 4 is 6.29 Å². The van der Waals surface area contributed by atoms with Gasteiger partial charge in [0.1, 0.15) is 6.29 Å². The number of allylic oxidation sites excluding steroid dienone is 2. The third kappa shape index (κ3) is 2.26. The third-order valence-corrected chi connectivity index (χ3v) is 3.67. The zero-order valence-corrected chi connectivity index (χ0v) is 9.46. The maximum atomic E-state index is 11.3. The molecule has 1 nitrogen and oxygen atoms in total. The summed E-state index contributed by atoms with van der Waals surface area (Å²) in [6, 6.07) is 0. The van der Waals surface area contributed by atoms with Gasteiger partial charge in [0, 0.05) is 5.41 Å². The van der Waals surface area contributed by atoms with Crippen molar-refractivity contribution < 1.29 is 4.79 Å². The Hall–Kier alpha value is -0.590. The fraction of sp³-hybridized carbons (Fsp3) is 0.769. The normalized spacial score (nSPS) is 23.6. The van der Waals surface area contributed by atoms with Crippen LogP contribution in [0.4, 0.5) is 0 Å². The van der Waals surface area contributed by atoms with Crippen molar-refractivity contribution in [2.75, 3.05) is 0 Å².